The van der Waals surface area contributed by atoms with Crippen molar-refractivity contribution in [2.45, 2.75) is 18.9 Å². The van der Waals surface area contributed by atoms with Gasteiger partial charge >= 0.3 is 0 Å². The Bertz CT molecular complexity index is 561. The van der Waals surface area contributed by atoms with Gasteiger partial charge in [-0.05, 0) is 25.9 Å². The van der Waals surface area contributed by atoms with Gasteiger partial charge in [0, 0.05) is 16.8 Å². The zero-order valence-electron chi connectivity index (χ0n) is 10.5. The van der Waals surface area contributed by atoms with Crippen LogP contribution >= 0.6 is 12.4 Å². The minimum absolute atomic E-state index is 0. The van der Waals surface area contributed by atoms with Gasteiger partial charge in [-0.25, -0.2) is 0 Å². The minimum Gasteiger partial charge on any atom is -0.458 e. The van der Waals surface area contributed by atoms with Crippen molar-refractivity contribution in [1.82, 2.24) is 10.6 Å². The Kier molecular flexibility index (Phi) is 4.45. The summed E-state index contributed by atoms with van der Waals surface area (Å²) in [6.07, 6.45) is 3.58. The van der Waals surface area contributed by atoms with Crippen LogP contribution in [0, 0.1) is 0 Å². The van der Waals surface area contributed by atoms with Gasteiger partial charge in [-0.3, -0.25) is 4.79 Å². The van der Waals surface area contributed by atoms with Crippen LogP contribution in [0.2, 0.25) is 0 Å². The number of nitrogens with one attached hydrogen (secondary N) is 2. The van der Waals surface area contributed by atoms with Crippen LogP contribution in [0.1, 0.15) is 23.4 Å². The molecule has 19 heavy (non-hydrogen) atoms. The SMILES string of the molecule is Cl.O=C(NC1CCNCC1)c1occ2ccccc12. The summed E-state index contributed by atoms with van der Waals surface area (Å²) in [7, 11) is 0. The minimum atomic E-state index is -0.108. The number of fused-ring (bicyclic) bond motifs is 1. The Labute approximate surface area is 118 Å². The van der Waals surface area contributed by atoms with Crippen molar-refractivity contribution in [3.05, 3.63) is 36.3 Å². The van der Waals surface area contributed by atoms with Crippen molar-refractivity contribution < 1.29 is 9.21 Å². The highest BCUT2D eigenvalue weighted by atomic mass is 35.5. The lowest BCUT2D eigenvalue weighted by atomic mass is 10.1. The highest BCUT2D eigenvalue weighted by Crippen LogP contribution is 2.20. The molecule has 0 bridgehead atoms. The second kappa shape index (κ2) is 6.08. The number of halogens is 1. The summed E-state index contributed by atoms with van der Waals surface area (Å²) in [4.78, 5) is 12.2. The molecule has 1 aromatic heterocycles. The molecule has 0 unspecified atom stereocenters. The Morgan fingerprint density at radius 3 is 2.79 bits per heavy atom. The molecule has 0 radical (unpaired) electrons. The molecule has 1 aromatic carbocycles. The summed E-state index contributed by atoms with van der Waals surface area (Å²) in [6, 6.07) is 7.96. The van der Waals surface area contributed by atoms with E-state index in [1.165, 1.54) is 0 Å². The average Bonchev–Trinajstić information content (AvgIpc) is 2.84. The number of rotatable bonds is 2. The van der Waals surface area contributed by atoms with E-state index in [2.05, 4.69) is 10.6 Å². The number of hydrogen-bond donors (Lipinski definition) is 2. The summed E-state index contributed by atoms with van der Waals surface area (Å²) in [6.45, 7) is 1.92. The van der Waals surface area contributed by atoms with Gasteiger partial charge in [-0.15, -0.1) is 12.4 Å². The zero-order chi connectivity index (χ0) is 12.4. The highest BCUT2D eigenvalue weighted by molar-refractivity contribution is 6.04. The molecular formula is C14H17ClN2O2. The Hall–Kier alpha value is -1.52. The lowest BCUT2D eigenvalue weighted by Crippen LogP contribution is -2.42. The van der Waals surface area contributed by atoms with Crippen LogP contribution in [0.3, 0.4) is 0 Å². The molecule has 1 aliphatic rings. The molecule has 0 saturated carbocycles. The fourth-order valence-corrected chi connectivity index (χ4v) is 2.39. The molecule has 0 aliphatic carbocycles. The van der Waals surface area contributed by atoms with Crippen LogP contribution in [0.5, 0.6) is 0 Å². The molecule has 2 aromatic rings. The van der Waals surface area contributed by atoms with E-state index in [0.29, 0.717) is 5.76 Å². The number of hydrogen-bond acceptors (Lipinski definition) is 3. The summed E-state index contributed by atoms with van der Waals surface area (Å²) < 4.78 is 5.39. The molecule has 5 heteroatoms. The fourth-order valence-electron chi connectivity index (χ4n) is 2.39. The zero-order valence-corrected chi connectivity index (χ0v) is 11.3. The summed E-state index contributed by atoms with van der Waals surface area (Å²) in [5.41, 5.74) is 0. The van der Waals surface area contributed by atoms with Crippen LogP contribution < -0.4 is 10.6 Å². The van der Waals surface area contributed by atoms with Gasteiger partial charge in [0.15, 0.2) is 5.76 Å². The van der Waals surface area contributed by atoms with E-state index in [-0.39, 0.29) is 24.4 Å². The van der Waals surface area contributed by atoms with Crippen molar-refractivity contribution in [1.29, 1.82) is 0 Å². The fraction of sp³-hybridized carbons (Fsp3) is 0.357. The molecule has 1 fully saturated rings. The van der Waals surface area contributed by atoms with E-state index in [0.717, 1.165) is 36.7 Å². The first-order valence-corrected chi connectivity index (χ1v) is 6.32. The predicted molar refractivity (Wildman–Crippen MR) is 76.8 cm³/mol. The van der Waals surface area contributed by atoms with Gasteiger partial charge in [-0.1, -0.05) is 24.3 Å². The van der Waals surface area contributed by atoms with Gasteiger partial charge in [0.25, 0.3) is 5.91 Å². The number of carbonyl (C=O) groups is 1. The molecular weight excluding hydrogens is 264 g/mol. The van der Waals surface area contributed by atoms with Crippen molar-refractivity contribution in [3.8, 4) is 0 Å². The number of furan rings is 1. The standard InChI is InChI=1S/C14H16N2O2.ClH/c17-14(16-11-5-7-15-8-6-11)13-12-4-2-1-3-10(12)9-18-13;/h1-4,9,11,15H,5-8H2,(H,16,17);1H. The van der Waals surface area contributed by atoms with E-state index in [9.17, 15) is 4.79 Å². The number of amides is 1. The van der Waals surface area contributed by atoms with Crippen LogP contribution in [-0.2, 0) is 0 Å². The normalized spacial score (nSPS) is 16.0. The third-order valence-electron chi connectivity index (χ3n) is 3.39. The maximum atomic E-state index is 12.2. The Morgan fingerprint density at radius 2 is 2.00 bits per heavy atom. The third-order valence-corrected chi connectivity index (χ3v) is 3.39. The lowest BCUT2D eigenvalue weighted by Gasteiger charge is -2.23. The molecule has 1 amide bonds. The largest absolute Gasteiger partial charge is 0.458 e. The molecule has 2 N–H and O–H groups in total. The Morgan fingerprint density at radius 1 is 1.26 bits per heavy atom. The third kappa shape index (κ3) is 2.91. The van der Waals surface area contributed by atoms with Crippen LogP contribution in [-0.4, -0.2) is 25.0 Å². The van der Waals surface area contributed by atoms with Gasteiger partial charge < -0.3 is 15.1 Å². The summed E-state index contributed by atoms with van der Waals surface area (Å²) in [5.74, 6) is 0.312. The summed E-state index contributed by atoms with van der Waals surface area (Å²) >= 11 is 0. The first-order chi connectivity index (χ1) is 8.84. The smallest absolute Gasteiger partial charge is 0.287 e. The van der Waals surface area contributed by atoms with Crippen LogP contribution in [0.15, 0.2) is 34.9 Å². The monoisotopic (exact) mass is 280 g/mol. The van der Waals surface area contributed by atoms with Gasteiger partial charge in [0.2, 0.25) is 0 Å². The molecule has 0 spiro atoms. The van der Waals surface area contributed by atoms with Crippen molar-refractivity contribution in [3.63, 3.8) is 0 Å². The van der Waals surface area contributed by atoms with E-state index >= 15 is 0 Å². The first kappa shape index (κ1) is 13.9. The number of carbonyl (C=O) groups excluding carboxylic acids is 1. The van der Waals surface area contributed by atoms with E-state index in [4.69, 9.17) is 4.42 Å². The van der Waals surface area contributed by atoms with E-state index in [1.807, 2.05) is 24.3 Å². The topological polar surface area (TPSA) is 54.3 Å². The Balaban J connectivity index is 0.00000133. The average molecular weight is 281 g/mol. The molecule has 3 rings (SSSR count). The lowest BCUT2D eigenvalue weighted by molar-refractivity contribution is 0.0903. The maximum Gasteiger partial charge on any atom is 0.287 e. The highest BCUT2D eigenvalue weighted by Gasteiger charge is 2.19. The summed E-state index contributed by atoms with van der Waals surface area (Å²) in [5, 5.41) is 8.16. The van der Waals surface area contributed by atoms with Gasteiger partial charge in [-0.2, -0.15) is 0 Å². The van der Waals surface area contributed by atoms with Crippen LogP contribution in [0.25, 0.3) is 10.8 Å². The second-order valence-corrected chi connectivity index (χ2v) is 4.65. The van der Waals surface area contributed by atoms with E-state index < -0.39 is 0 Å². The van der Waals surface area contributed by atoms with Crippen molar-refractivity contribution in [2.24, 2.45) is 0 Å². The molecule has 1 aliphatic heterocycles. The van der Waals surface area contributed by atoms with Gasteiger partial charge in [0.05, 0.1) is 6.26 Å². The number of piperidine rings is 1. The molecule has 4 nitrogen and oxygen atoms in total. The van der Waals surface area contributed by atoms with Crippen molar-refractivity contribution in [2.75, 3.05) is 13.1 Å². The molecule has 0 atom stereocenters. The van der Waals surface area contributed by atoms with Gasteiger partial charge in [0.1, 0.15) is 0 Å². The number of benzene rings is 1. The van der Waals surface area contributed by atoms with Crippen molar-refractivity contribution >= 4 is 29.1 Å². The molecule has 1 saturated heterocycles. The molecule has 2 heterocycles. The predicted octanol–water partition coefficient (Wildman–Crippen LogP) is 2.34. The van der Waals surface area contributed by atoms with Crippen LogP contribution in [0.4, 0.5) is 0 Å². The quantitative estimate of drug-likeness (QED) is 0.888. The second-order valence-electron chi connectivity index (χ2n) is 4.65. The first-order valence-electron chi connectivity index (χ1n) is 6.32. The maximum absolute atomic E-state index is 12.2. The van der Waals surface area contributed by atoms with E-state index in [1.54, 1.807) is 6.26 Å². The molecule has 102 valence electrons.